The zero-order valence-electron chi connectivity index (χ0n) is 14.5. The van der Waals surface area contributed by atoms with Crippen LogP contribution in [0, 0.1) is 11.8 Å². The third-order valence-corrected chi connectivity index (χ3v) is 6.34. The van der Waals surface area contributed by atoms with Gasteiger partial charge in [0.05, 0.1) is 5.75 Å². The number of aromatic amines is 1. The molecule has 0 bridgehead atoms. The fraction of sp³-hybridized carbons (Fsp3) is 0.500. The summed E-state index contributed by atoms with van der Waals surface area (Å²) in [5.74, 6) is 2.33. The number of nitrogens with zero attached hydrogens (tertiary/aromatic N) is 2. The Balaban J connectivity index is 1.52. The van der Waals surface area contributed by atoms with Crippen LogP contribution < -0.4 is 5.32 Å². The van der Waals surface area contributed by atoms with E-state index in [-0.39, 0.29) is 5.91 Å². The highest BCUT2D eigenvalue weighted by molar-refractivity contribution is 9.10. The number of hydrogen-bond acceptors (Lipinski definition) is 4. The highest BCUT2D eigenvalue weighted by Crippen LogP contribution is 2.29. The first-order valence-corrected chi connectivity index (χ1v) is 10.4. The van der Waals surface area contributed by atoms with Crippen LogP contribution in [-0.4, -0.2) is 32.9 Å². The van der Waals surface area contributed by atoms with Gasteiger partial charge in [-0.3, -0.25) is 9.89 Å². The molecule has 3 atom stereocenters. The lowest BCUT2D eigenvalue weighted by atomic mass is 9.78. The van der Waals surface area contributed by atoms with Gasteiger partial charge in [0.1, 0.15) is 0 Å². The Morgan fingerprint density at radius 3 is 2.84 bits per heavy atom. The lowest BCUT2D eigenvalue weighted by molar-refractivity contribution is -0.120. The second-order valence-electron chi connectivity index (χ2n) is 6.70. The molecule has 2 aromatic rings. The quantitative estimate of drug-likeness (QED) is 0.705. The molecule has 1 aromatic carbocycles. The van der Waals surface area contributed by atoms with Gasteiger partial charge in [0.25, 0.3) is 0 Å². The van der Waals surface area contributed by atoms with Gasteiger partial charge in [-0.1, -0.05) is 66.5 Å². The van der Waals surface area contributed by atoms with Gasteiger partial charge in [0.15, 0.2) is 5.82 Å². The summed E-state index contributed by atoms with van der Waals surface area (Å²) in [6, 6.07) is 8.16. The third-order valence-electron chi connectivity index (χ3n) is 4.97. The molecule has 1 aliphatic carbocycles. The van der Waals surface area contributed by atoms with E-state index in [1.165, 1.54) is 24.6 Å². The predicted molar refractivity (Wildman–Crippen MR) is 104 cm³/mol. The highest BCUT2D eigenvalue weighted by Gasteiger charge is 2.28. The largest absolute Gasteiger partial charge is 0.352 e. The number of hydrogen-bond donors (Lipinski definition) is 2. The number of benzene rings is 1. The summed E-state index contributed by atoms with van der Waals surface area (Å²) in [7, 11) is 0. The number of aromatic nitrogens is 3. The molecule has 0 spiro atoms. The van der Waals surface area contributed by atoms with Gasteiger partial charge >= 0.3 is 0 Å². The molecule has 134 valence electrons. The van der Waals surface area contributed by atoms with Crippen molar-refractivity contribution in [3.8, 4) is 11.4 Å². The first-order chi connectivity index (χ1) is 12.0. The normalized spacial score (nSPS) is 23.4. The molecule has 7 heteroatoms. The number of amides is 1. The van der Waals surface area contributed by atoms with Gasteiger partial charge in [-0.15, -0.1) is 5.10 Å². The van der Waals surface area contributed by atoms with Crippen LogP contribution in [-0.2, 0) is 4.79 Å². The Hall–Kier alpha value is -1.34. The minimum atomic E-state index is 0.0611. The zero-order valence-corrected chi connectivity index (χ0v) is 16.9. The molecule has 0 radical (unpaired) electrons. The van der Waals surface area contributed by atoms with E-state index >= 15 is 0 Å². The van der Waals surface area contributed by atoms with Gasteiger partial charge in [0.2, 0.25) is 11.1 Å². The summed E-state index contributed by atoms with van der Waals surface area (Å²) < 4.78 is 1.02. The molecule has 1 heterocycles. The summed E-state index contributed by atoms with van der Waals surface area (Å²) in [4.78, 5) is 16.7. The molecule has 2 N–H and O–H groups in total. The Bertz CT molecular complexity index is 718. The van der Waals surface area contributed by atoms with Crippen LogP contribution >= 0.6 is 27.7 Å². The lowest BCUT2D eigenvalue weighted by Crippen LogP contribution is -2.44. The summed E-state index contributed by atoms with van der Waals surface area (Å²) in [6.07, 6.45) is 3.54. The minimum absolute atomic E-state index is 0.0611. The van der Waals surface area contributed by atoms with E-state index in [0.717, 1.165) is 16.5 Å². The number of carbonyl (C=O) groups is 1. The predicted octanol–water partition coefficient (Wildman–Crippen LogP) is 4.27. The van der Waals surface area contributed by atoms with Crippen molar-refractivity contribution in [1.82, 2.24) is 20.5 Å². The topological polar surface area (TPSA) is 70.7 Å². The van der Waals surface area contributed by atoms with E-state index in [0.29, 0.717) is 34.6 Å². The van der Waals surface area contributed by atoms with Crippen LogP contribution in [0.1, 0.15) is 33.1 Å². The van der Waals surface area contributed by atoms with Crippen molar-refractivity contribution in [2.75, 3.05) is 5.75 Å². The van der Waals surface area contributed by atoms with Gasteiger partial charge in [-0.05, 0) is 30.4 Å². The van der Waals surface area contributed by atoms with Crippen molar-refractivity contribution in [3.05, 3.63) is 28.7 Å². The fourth-order valence-corrected chi connectivity index (χ4v) is 4.09. The average Bonchev–Trinajstić information content (AvgIpc) is 3.07. The Morgan fingerprint density at radius 2 is 2.08 bits per heavy atom. The first kappa shape index (κ1) is 18.5. The molecule has 5 nitrogen and oxygen atoms in total. The zero-order chi connectivity index (χ0) is 17.8. The molecule has 1 aromatic heterocycles. The van der Waals surface area contributed by atoms with E-state index in [9.17, 15) is 4.79 Å². The Kier molecular flexibility index (Phi) is 6.17. The number of rotatable bonds is 5. The molecule has 3 unspecified atom stereocenters. The standard InChI is InChI=1S/C18H23BrN4OS/c1-11-4-3-5-15(12(11)2)20-16(24)10-25-18-21-17(22-23-18)13-6-8-14(19)9-7-13/h6-9,11-12,15H,3-5,10H2,1-2H3,(H,20,24)(H,21,22,23). The van der Waals surface area contributed by atoms with Crippen LogP contribution in [0.2, 0.25) is 0 Å². The minimum Gasteiger partial charge on any atom is -0.352 e. The van der Waals surface area contributed by atoms with Crippen molar-refractivity contribution < 1.29 is 4.79 Å². The second kappa shape index (κ2) is 8.36. The second-order valence-corrected chi connectivity index (χ2v) is 8.56. The lowest BCUT2D eigenvalue weighted by Gasteiger charge is -2.34. The van der Waals surface area contributed by atoms with Crippen molar-refractivity contribution in [2.24, 2.45) is 11.8 Å². The number of thioether (sulfide) groups is 1. The smallest absolute Gasteiger partial charge is 0.230 e. The monoisotopic (exact) mass is 422 g/mol. The maximum atomic E-state index is 12.2. The molecule has 3 rings (SSSR count). The number of H-pyrrole nitrogens is 1. The van der Waals surface area contributed by atoms with E-state index in [2.05, 4.69) is 50.3 Å². The Labute approximate surface area is 160 Å². The number of carbonyl (C=O) groups excluding carboxylic acids is 1. The van der Waals surface area contributed by atoms with E-state index in [4.69, 9.17) is 0 Å². The van der Waals surface area contributed by atoms with Crippen LogP contribution in [0.25, 0.3) is 11.4 Å². The van der Waals surface area contributed by atoms with Gasteiger partial charge in [0, 0.05) is 16.1 Å². The molecule has 25 heavy (non-hydrogen) atoms. The molecular formula is C18H23BrN4OS. The van der Waals surface area contributed by atoms with Gasteiger partial charge in [-0.2, -0.15) is 0 Å². The highest BCUT2D eigenvalue weighted by atomic mass is 79.9. The van der Waals surface area contributed by atoms with Gasteiger partial charge < -0.3 is 5.32 Å². The van der Waals surface area contributed by atoms with Crippen LogP contribution in [0.15, 0.2) is 33.9 Å². The van der Waals surface area contributed by atoms with Crippen LogP contribution in [0.4, 0.5) is 0 Å². The molecule has 1 saturated carbocycles. The third kappa shape index (κ3) is 4.85. The van der Waals surface area contributed by atoms with Crippen LogP contribution in [0.5, 0.6) is 0 Å². The summed E-state index contributed by atoms with van der Waals surface area (Å²) >= 11 is 4.78. The van der Waals surface area contributed by atoms with Crippen LogP contribution in [0.3, 0.4) is 0 Å². The van der Waals surface area contributed by atoms with E-state index < -0.39 is 0 Å². The first-order valence-electron chi connectivity index (χ1n) is 8.63. The van der Waals surface area contributed by atoms with Crippen molar-refractivity contribution >= 4 is 33.6 Å². The Morgan fingerprint density at radius 1 is 1.32 bits per heavy atom. The molecule has 0 saturated heterocycles. The summed E-state index contributed by atoms with van der Waals surface area (Å²) in [6.45, 7) is 4.51. The average molecular weight is 423 g/mol. The SMILES string of the molecule is CC1CCCC(NC(=O)CSc2n[nH]c(-c3ccc(Br)cc3)n2)C1C. The molecule has 0 aliphatic heterocycles. The van der Waals surface area contributed by atoms with E-state index in [1.807, 2.05) is 24.3 Å². The van der Waals surface area contributed by atoms with Crippen molar-refractivity contribution in [2.45, 2.75) is 44.3 Å². The number of halogens is 1. The number of nitrogens with one attached hydrogen (secondary N) is 2. The maximum Gasteiger partial charge on any atom is 0.230 e. The fourth-order valence-electron chi connectivity index (χ4n) is 3.21. The van der Waals surface area contributed by atoms with Crippen molar-refractivity contribution in [1.29, 1.82) is 0 Å². The molecular weight excluding hydrogens is 400 g/mol. The van der Waals surface area contributed by atoms with E-state index in [1.54, 1.807) is 0 Å². The summed E-state index contributed by atoms with van der Waals surface area (Å²) in [5, 5.41) is 10.9. The molecule has 1 fully saturated rings. The summed E-state index contributed by atoms with van der Waals surface area (Å²) in [5.41, 5.74) is 0.969. The van der Waals surface area contributed by atoms with Gasteiger partial charge in [-0.25, -0.2) is 4.98 Å². The maximum absolute atomic E-state index is 12.2. The molecule has 1 aliphatic rings. The molecule has 1 amide bonds. The van der Waals surface area contributed by atoms with Crippen molar-refractivity contribution in [3.63, 3.8) is 0 Å².